The summed E-state index contributed by atoms with van der Waals surface area (Å²) in [6.07, 6.45) is -2.43. The number of hydrogen-bond acceptors (Lipinski definition) is 2. The van der Waals surface area contributed by atoms with Crippen molar-refractivity contribution in [2.75, 3.05) is 5.32 Å². The first-order valence-corrected chi connectivity index (χ1v) is 6.46. The van der Waals surface area contributed by atoms with Crippen LogP contribution < -0.4 is 10.1 Å². The van der Waals surface area contributed by atoms with Gasteiger partial charge in [0.2, 0.25) is 0 Å². The minimum absolute atomic E-state index is 0.154. The van der Waals surface area contributed by atoms with Crippen molar-refractivity contribution in [1.29, 1.82) is 0 Å². The molecule has 1 N–H and O–H groups in total. The summed E-state index contributed by atoms with van der Waals surface area (Å²) >= 11 is 3.14. The van der Waals surface area contributed by atoms with Crippen LogP contribution in [-0.2, 0) is 0 Å². The normalized spacial score (nSPS) is 17.4. The third-order valence-electron chi connectivity index (χ3n) is 2.88. The summed E-state index contributed by atoms with van der Waals surface area (Å²) in [6, 6.07) is 4.74. The molecule has 1 saturated carbocycles. The van der Waals surface area contributed by atoms with Crippen LogP contribution in [-0.4, -0.2) is 12.4 Å². The summed E-state index contributed by atoms with van der Waals surface area (Å²) in [5.41, 5.74) is 0.370. The summed E-state index contributed by atoms with van der Waals surface area (Å²) in [4.78, 5) is 0. The van der Waals surface area contributed by atoms with E-state index in [-0.39, 0.29) is 11.8 Å². The van der Waals surface area contributed by atoms with Gasteiger partial charge < -0.3 is 10.1 Å². The zero-order valence-electron chi connectivity index (χ0n) is 9.72. The van der Waals surface area contributed by atoms with E-state index >= 15 is 0 Å². The lowest BCUT2D eigenvalue weighted by Crippen LogP contribution is -2.21. The third-order valence-corrected chi connectivity index (χ3v) is 3.37. The average Bonchev–Trinajstić information content (AvgIpc) is 3.03. The van der Waals surface area contributed by atoms with Gasteiger partial charge in [-0.3, -0.25) is 0 Å². The second kappa shape index (κ2) is 4.99. The summed E-state index contributed by atoms with van der Waals surface area (Å²) < 4.78 is 41.5. The Hall–Kier alpha value is -0.910. The summed E-state index contributed by atoms with van der Waals surface area (Å²) in [7, 11) is 0. The fourth-order valence-corrected chi connectivity index (χ4v) is 2.12. The van der Waals surface area contributed by atoms with Crippen LogP contribution >= 0.6 is 15.9 Å². The highest BCUT2D eigenvalue weighted by Crippen LogP contribution is 2.37. The van der Waals surface area contributed by atoms with Crippen molar-refractivity contribution in [2.45, 2.75) is 32.2 Å². The summed E-state index contributed by atoms with van der Waals surface area (Å²) in [5.74, 6) is 0.344. The average molecular weight is 324 g/mol. The van der Waals surface area contributed by atoms with E-state index in [1.807, 2.05) is 6.92 Å². The molecule has 0 heterocycles. The van der Waals surface area contributed by atoms with Crippen LogP contribution in [0.5, 0.6) is 5.75 Å². The fraction of sp³-hybridized carbons (Fsp3) is 0.500. The number of alkyl halides is 3. The monoisotopic (exact) mass is 323 g/mol. The Balaban J connectivity index is 2.16. The van der Waals surface area contributed by atoms with Crippen molar-refractivity contribution < 1.29 is 17.9 Å². The summed E-state index contributed by atoms with van der Waals surface area (Å²) in [5, 5.41) is 3.08. The van der Waals surface area contributed by atoms with Gasteiger partial charge in [-0.1, -0.05) is 15.9 Å². The van der Waals surface area contributed by atoms with E-state index in [4.69, 9.17) is 0 Å². The third kappa shape index (κ3) is 3.80. The first-order valence-electron chi connectivity index (χ1n) is 5.67. The maximum Gasteiger partial charge on any atom is 0.573 e. The Morgan fingerprint density at radius 2 is 2.06 bits per heavy atom. The van der Waals surface area contributed by atoms with E-state index in [0.717, 1.165) is 12.8 Å². The SMILES string of the molecule is CC(Nc1ccc(Br)cc1OC(F)(F)F)C1CC1. The van der Waals surface area contributed by atoms with Gasteiger partial charge in [0.05, 0.1) is 5.69 Å². The molecule has 0 amide bonds. The molecule has 0 aliphatic heterocycles. The minimum Gasteiger partial charge on any atom is -0.404 e. The lowest BCUT2D eigenvalue weighted by molar-refractivity contribution is -0.274. The van der Waals surface area contributed by atoms with Gasteiger partial charge >= 0.3 is 6.36 Å². The molecule has 2 rings (SSSR count). The van der Waals surface area contributed by atoms with E-state index < -0.39 is 6.36 Å². The van der Waals surface area contributed by atoms with Gasteiger partial charge in [-0.15, -0.1) is 13.2 Å². The van der Waals surface area contributed by atoms with Gasteiger partial charge in [0.1, 0.15) is 0 Å². The maximum atomic E-state index is 12.3. The predicted octanol–water partition coefficient (Wildman–Crippen LogP) is 4.56. The molecule has 1 aromatic rings. The van der Waals surface area contributed by atoms with Gasteiger partial charge in [0, 0.05) is 10.5 Å². The van der Waals surface area contributed by atoms with Crippen LogP contribution in [0.3, 0.4) is 0 Å². The van der Waals surface area contributed by atoms with E-state index in [0.29, 0.717) is 16.1 Å². The molecule has 0 saturated heterocycles. The highest BCUT2D eigenvalue weighted by atomic mass is 79.9. The zero-order chi connectivity index (χ0) is 13.3. The van der Waals surface area contributed by atoms with Crippen molar-refractivity contribution in [1.82, 2.24) is 0 Å². The lowest BCUT2D eigenvalue weighted by Gasteiger charge is -2.19. The molecule has 1 atom stereocenters. The Kier molecular flexibility index (Phi) is 3.75. The van der Waals surface area contributed by atoms with Gasteiger partial charge in [-0.2, -0.15) is 0 Å². The van der Waals surface area contributed by atoms with Crippen molar-refractivity contribution in [3.63, 3.8) is 0 Å². The quantitative estimate of drug-likeness (QED) is 0.877. The van der Waals surface area contributed by atoms with E-state index in [1.165, 1.54) is 6.07 Å². The highest BCUT2D eigenvalue weighted by Gasteiger charge is 2.33. The summed E-state index contributed by atoms with van der Waals surface area (Å²) in [6.45, 7) is 1.97. The molecule has 0 aromatic heterocycles. The second-order valence-corrected chi connectivity index (χ2v) is 5.37. The standard InChI is InChI=1S/C12H13BrF3NO/c1-7(8-2-3-8)17-10-5-4-9(13)6-11(10)18-12(14,15)16/h4-8,17H,2-3H2,1H3. The molecule has 0 radical (unpaired) electrons. The number of nitrogens with one attached hydrogen (secondary N) is 1. The molecule has 1 aliphatic rings. The van der Waals surface area contributed by atoms with Gasteiger partial charge in [0.15, 0.2) is 5.75 Å². The number of ether oxygens (including phenoxy) is 1. The van der Waals surface area contributed by atoms with Crippen LogP contribution in [0.2, 0.25) is 0 Å². The van der Waals surface area contributed by atoms with Crippen molar-refractivity contribution in [2.24, 2.45) is 5.92 Å². The fourth-order valence-electron chi connectivity index (χ4n) is 1.78. The molecule has 0 spiro atoms. The van der Waals surface area contributed by atoms with Gasteiger partial charge in [-0.05, 0) is 43.9 Å². The lowest BCUT2D eigenvalue weighted by atomic mass is 10.2. The van der Waals surface area contributed by atoms with E-state index in [1.54, 1.807) is 12.1 Å². The highest BCUT2D eigenvalue weighted by molar-refractivity contribution is 9.10. The molecule has 18 heavy (non-hydrogen) atoms. The Labute approximate surface area is 112 Å². The van der Waals surface area contributed by atoms with Crippen LogP contribution in [0.4, 0.5) is 18.9 Å². The first kappa shape index (κ1) is 13.5. The van der Waals surface area contributed by atoms with E-state index in [2.05, 4.69) is 26.0 Å². The van der Waals surface area contributed by atoms with E-state index in [9.17, 15) is 13.2 Å². The maximum absolute atomic E-state index is 12.3. The first-order chi connectivity index (χ1) is 8.35. The minimum atomic E-state index is -4.68. The Morgan fingerprint density at radius 1 is 1.39 bits per heavy atom. The van der Waals surface area contributed by atoms with Crippen LogP contribution in [0.25, 0.3) is 0 Å². The number of anilines is 1. The van der Waals surface area contributed by atoms with Gasteiger partial charge in [-0.25, -0.2) is 0 Å². The molecule has 2 nitrogen and oxygen atoms in total. The molecule has 1 fully saturated rings. The molecular formula is C12H13BrF3NO. The molecular weight excluding hydrogens is 311 g/mol. The number of halogens is 4. The molecule has 1 aliphatic carbocycles. The van der Waals surface area contributed by atoms with Crippen molar-refractivity contribution in [3.8, 4) is 5.75 Å². The van der Waals surface area contributed by atoms with Crippen molar-refractivity contribution >= 4 is 21.6 Å². The second-order valence-electron chi connectivity index (χ2n) is 4.46. The largest absolute Gasteiger partial charge is 0.573 e. The number of hydrogen-bond donors (Lipinski definition) is 1. The molecule has 6 heteroatoms. The Morgan fingerprint density at radius 3 is 2.61 bits per heavy atom. The Bertz CT molecular complexity index is 432. The predicted molar refractivity (Wildman–Crippen MR) is 66.6 cm³/mol. The van der Waals surface area contributed by atoms with Crippen LogP contribution in [0.15, 0.2) is 22.7 Å². The smallest absolute Gasteiger partial charge is 0.404 e. The number of benzene rings is 1. The topological polar surface area (TPSA) is 21.3 Å². The molecule has 1 unspecified atom stereocenters. The molecule has 100 valence electrons. The number of rotatable bonds is 4. The molecule has 0 bridgehead atoms. The zero-order valence-corrected chi connectivity index (χ0v) is 11.3. The van der Waals surface area contributed by atoms with Gasteiger partial charge in [0.25, 0.3) is 0 Å². The van der Waals surface area contributed by atoms with Crippen LogP contribution in [0.1, 0.15) is 19.8 Å². The van der Waals surface area contributed by atoms with Crippen molar-refractivity contribution in [3.05, 3.63) is 22.7 Å². The molecule has 1 aromatic carbocycles. The van der Waals surface area contributed by atoms with Crippen LogP contribution in [0, 0.1) is 5.92 Å².